The van der Waals surface area contributed by atoms with Crippen LogP contribution in [0, 0.1) is 11.3 Å². The lowest BCUT2D eigenvalue weighted by Crippen LogP contribution is -2.55. The van der Waals surface area contributed by atoms with Gasteiger partial charge in [0.1, 0.15) is 12.3 Å². The standard InChI is InChI=1S/C28H32N8O4/c1-34-13-5-8-20(34)17-40-27-32-24(26(37)31-22-10-4-7-18-6-2-3-9-21(18)22)23(30)25(33-27)35-14-15-36(28(38)39)19(16-35)11-12-29/h2-4,6-7,9-10,19-20H,5,8,11,13-17,30H2,1H3,(H,31,37)(H,38,39). The summed E-state index contributed by atoms with van der Waals surface area (Å²) in [6.07, 6.45) is 0.986. The minimum atomic E-state index is -1.09. The molecule has 5 rings (SSSR count). The van der Waals surface area contributed by atoms with Crippen LogP contribution in [0.4, 0.5) is 22.0 Å². The molecule has 2 aromatic carbocycles. The number of nitriles is 1. The number of carbonyl (C=O) groups is 2. The van der Waals surface area contributed by atoms with Gasteiger partial charge in [-0.3, -0.25) is 4.79 Å². The molecule has 0 bridgehead atoms. The van der Waals surface area contributed by atoms with E-state index >= 15 is 0 Å². The maximum absolute atomic E-state index is 13.6. The topological polar surface area (TPSA) is 161 Å². The number of nitrogens with two attached hydrogens (primary N) is 1. The molecular weight excluding hydrogens is 512 g/mol. The normalized spacial score (nSPS) is 19.4. The fraction of sp³-hybridized carbons (Fsp3) is 0.393. The van der Waals surface area contributed by atoms with Crippen molar-refractivity contribution in [3.63, 3.8) is 0 Å². The second-order valence-corrected chi connectivity index (χ2v) is 10.1. The molecule has 0 radical (unpaired) electrons. The Morgan fingerprint density at radius 2 is 1.95 bits per heavy atom. The molecule has 12 heteroatoms. The molecule has 0 spiro atoms. The van der Waals surface area contributed by atoms with Crippen molar-refractivity contribution in [2.75, 3.05) is 55.8 Å². The number of hydrogen-bond acceptors (Lipinski definition) is 9. The highest BCUT2D eigenvalue weighted by atomic mass is 16.5. The summed E-state index contributed by atoms with van der Waals surface area (Å²) < 4.78 is 6.01. The number of nitrogen functional groups attached to an aromatic ring is 1. The van der Waals surface area contributed by atoms with Crippen LogP contribution >= 0.6 is 0 Å². The minimum absolute atomic E-state index is 0.0135. The monoisotopic (exact) mass is 544 g/mol. The van der Waals surface area contributed by atoms with Crippen molar-refractivity contribution >= 4 is 40.0 Å². The van der Waals surface area contributed by atoms with Crippen LogP contribution in [0.2, 0.25) is 0 Å². The molecule has 208 valence electrons. The molecule has 0 aliphatic carbocycles. The van der Waals surface area contributed by atoms with Crippen molar-refractivity contribution in [2.24, 2.45) is 0 Å². The maximum atomic E-state index is 13.6. The molecular formula is C28H32N8O4. The average molecular weight is 545 g/mol. The molecule has 2 unspecified atom stereocenters. The van der Waals surface area contributed by atoms with E-state index in [2.05, 4.69) is 26.3 Å². The van der Waals surface area contributed by atoms with Crippen LogP contribution in [-0.2, 0) is 0 Å². The van der Waals surface area contributed by atoms with E-state index in [1.165, 1.54) is 4.90 Å². The van der Waals surface area contributed by atoms with Gasteiger partial charge in [-0.15, -0.1) is 0 Å². The number of amides is 2. The van der Waals surface area contributed by atoms with Gasteiger partial charge >= 0.3 is 12.1 Å². The average Bonchev–Trinajstić information content (AvgIpc) is 3.37. The van der Waals surface area contributed by atoms with Gasteiger partial charge in [0.2, 0.25) is 0 Å². The van der Waals surface area contributed by atoms with Gasteiger partial charge < -0.3 is 35.6 Å². The van der Waals surface area contributed by atoms with E-state index in [9.17, 15) is 20.0 Å². The fourth-order valence-electron chi connectivity index (χ4n) is 5.37. The van der Waals surface area contributed by atoms with Crippen LogP contribution in [0.3, 0.4) is 0 Å². The van der Waals surface area contributed by atoms with Crippen molar-refractivity contribution in [3.8, 4) is 12.1 Å². The molecule has 4 N–H and O–H groups in total. The number of anilines is 3. The Kier molecular flexibility index (Phi) is 7.84. The number of carbonyl (C=O) groups excluding carboxylic acids is 1. The van der Waals surface area contributed by atoms with E-state index in [1.807, 2.05) is 49.5 Å². The van der Waals surface area contributed by atoms with Gasteiger partial charge in [-0.25, -0.2) is 4.79 Å². The van der Waals surface area contributed by atoms with E-state index in [-0.39, 0.29) is 55.3 Å². The lowest BCUT2D eigenvalue weighted by molar-refractivity contribution is 0.102. The highest BCUT2D eigenvalue weighted by molar-refractivity contribution is 6.11. The second-order valence-electron chi connectivity index (χ2n) is 10.1. The molecule has 2 atom stereocenters. The zero-order chi connectivity index (χ0) is 28.2. The van der Waals surface area contributed by atoms with Crippen LogP contribution in [0.1, 0.15) is 29.8 Å². The molecule has 40 heavy (non-hydrogen) atoms. The summed E-state index contributed by atoms with van der Waals surface area (Å²) in [5.41, 5.74) is 7.15. The zero-order valence-electron chi connectivity index (χ0n) is 22.3. The first-order valence-corrected chi connectivity index (χ1v) is 13.3. The van der Waals surface area contributed by atoms with Gasteiger partial charge in [-0.2, -0.15) is 15.2 Å². The van der Waals surface area contributed by atoms with E-state index in [0.717, 1.165) is 30.2 Å². The summed E-state index contributed by atoms with van der Waals surface area (Å²) >= 11 is 0. The number of benzene rings is 2. The smallest absolute Gasteiger partial charge is 0.407 e. The van der Waals surface area contributed by atoms with Crippen LogP contribution in [0.5, 0.6) is 6.01 Å². The van der Waals surface area contributed by atoms with Gasteiger partial charge in [0.25, 0.3) is 5.91 Å². The molecule has 2 aliphatic heterocycles. The molecule has 2 aliphatic rings. The fourth-order valence-corrected chi connectivity index (χ4v) is 5.37. The number of piperazine rings is 1. The lowest BCUT2D eigenvalue weighted by Gasteiger charge is -2.40. The SMILES string of the molecule is CN1CCCC1COc1nc(C(=O)Nc2cccc3ccccc23)c(N)c(N2CCN(C(=O)O)C(CC#N)C2)n1. The largest absolute Gasteiger partial charge is 0.465 e. The first-order chi connectivity index (χ1) is 19.4. The molecule has 2 saturated heterocycles. The molecule has 3 aromatic rings. The summed E-state index contributed by atoms with van der Waals surface area (Å²) in [6, 6.07) is 15.0. The lowest BCUT2D eigenvalue weighted by atomic mass is 10.1. The summed E-state index contributed by atoms with van der Waals surface area (Å²) in [7, 11) is 2.04. The summed E-state index contributed by atoms with van der Waals surface area (Å²) in [5, 5.41) is 23.7. The molecule has 12 nitrogen and oxygen atoms in total. The molecule has 1 aromatic heterocycles. The van der Waals surface area contributed by atoms with Gasteiger partial charge in [0.05, 0.1) is 18.5 Å². The first kappa shape index (κ1) is 27.0. The second kappa shape index (κ2) is 11.6. The summed E-state index contributed by atoms with van der Waals surface area (Å²) in [5.74, 6) is -0.237. The number of fused-ring (bicyclic) bond motifs is 1. The first-order valence-electron chi connectivity index (χ1n) is 13.3. The van der Waals surface area contributed by atoms with Crippen molar-refractivity contribution in [3.05, 3.63) is 48.2 Å². The van der Waals surface area contributed by atoms with Gasteiger partial charge in [-0.1, -0.05) is 36.4 Å². The van der Waals surface area contributed by atoms with Gasteiger partial charge in [0.15, 0.2) is 11.5 Å². The quantitative estimate of drug-likeness (QED) is 0.403. The van der Waals surface area contributed by atoms with Crippen LogP contribution in [0.25, 0.3) is 10.8 Å². The maximum Gasteiger partial charge on any atom is 0.407 e. The van der Waals surface area contributed by atoms with E-state index in [1.54, 1.807) is 4.90 Å². The van der Waals surface area contributed by atoms with Crippen LogP contribution in [-0.4, -0.2) is 88.8 Å². The third-order valence-electron chi connectivity index (χ3n) is 7.59. The van der Waals surface area contributed by atoms with E-state index < -0.39 is 18.0 Å². The predicted octanol–water partition coefficient (Wildman–Crippen LogP) is 3.02. The van der Waals surface area contributed by atoms with Crippen LogP contribution < -0.4 is 20.7 Å². The zero-order valence-corrected chi connectivity index (χ0v) is 22.3. The van der Waals surface area contributed by atoms with Crippen LogP contribution in [0.15, 0.2) is 42.5 Å². The Hall–Kier alpha value is -4.63. The number of likely N-dealkylation sites (tertiary alicyclic amines) is 1. The third-order valence-corrected chi connectivity index (χ3v) is 7.59. The van der Waals surface area contributed by atoms with Crippen molar-refractivity contribution < 1.29 is 19.4 Å². The summed E-state index contributed by atoms with van der Waals surface area (Å²) in [4.78, 5) is 39.6. The highest BCUT2D eigenvalue weighted by Gasteiger charge is 2.33. The molecule has 2 fully saturated rings. The van der Waals surface area contributed by atoms with E-state index in [0.29, 0.717) is 12.3 Å². The van der Waals surface area contributed by atoms with E-state index in [4.69, 9.17) is 10.5 Å². The number of aromatic nitrogens is 2. The Balaban J connectivity index is 1.47. The summed E-state index contributed by atoms with van der Waals surface area (Å²) in [6.45, 7) is 1.97. The van der Waals surface area contributed by atoms with Gasteiger partial charge in [-0.05, 0) is 37.9 Å². The molecule has 2 amide bonds. The Bertz CT molecular complexity index is 1450. The van der Waals surface area contributed by atoms with Crippen molar-refractivity contribution in [1.29, 1.82) is 5.26 Å². The Morgan fingerprint density at radius 3 is 2.70 bits per heavy atom. The van der Waals surface area contributed by atoms with Crippen molar-refractivity contribution in [2.45, 2.75) is 31.3 Å². The Labute approximate surface area is 231 Å². The number of carboxylic acid groups (broad SMARTS) is 1. The number of likely N-dealkylation sites (N-methyl/N-ethyl adjacent to an activating group) is 1. The predicted molar refractivity (Wildman–Crippen MR) is 150 cm³/mol. The third kappa shape index (κ3) is 5.55. The number of ether oxygens (including phenoxy) is 1. The highest BCUT2D eigenvalue weighted by Crippen LogP contribution is 2.31. The number of rotatable bonds is 7. The number of hydrogen-bond donors (Lipinski definition) is 3. The Morgan fingerprint density at radius 1 is 1.15 bits per heavy atom. The molecule has 0 saturated carbocycles. The number of nitrogens with one attached hydrogen (secondary N) is 1. The minimum Gasteiger partial charge on any atom is -0.465 e. The number of nitrogens with zero attached hydrogens (tertiary/aromatic N) is 6. The van der Waals surface area contributed by atoms with Crippen molar-refractivity contribution in [1.82, 2.24) is 19.8 Å². The molecule has 3 heterocycles. The van der Waals surface area contributed by atoms with Gasteiger partial charge in [0, 0.05) is 36.7 Å².